The van der Waals surface area contributed by atoms with Crippen LogP contribution in [0.4, 0.5) is 0 Å². The van der Waals surface area contributed by atoms with Crippen molar-refractivity contribution in [2.45, 2.75) is 25.4 Å². The number of nitrogens with one attached hydrogen (secondary N) is 1. The normalized spacial score (nSPS) is 15.4. The molecule has 0 radical (unpaired) electrons. The van der Waals surface area contributed by atoms with Gasteiger partial charge in [0.25, 0.3) is 0 Å². The van der Waals surface area contributed by atoms with Crippen LogP contribution in [0.5, 0.6) is 5.75 Å². The Morgan fingerprint density at radius 3 is 2.67 bits per heavy atom. The topological polar surface area (TPSA) is 56.2 Å². The molecule has 30 heavy (non-hydrogen) atoms. The number of amides is 1. The van der Waals surface area contributed by atoms with Gasteiger partial charge in [-0.1, -0.05) is 60.7 Å². The van der Waals surface area contributed by atoms with Crippen molar-refractivity contribution >= 4 is 16.9 Å². The van der Waals surface area contributed by atoms with Crippen LogP contribution < -0.4 is 10.1 Å². The smallest absolute Gasteiger partial charge is 0.240 e. The fraction of sp³-hybridized carbons (Fsp3) is 0.200. The number of carbonyl (C=O) groups excluding carboxylic acids is 1. The third-order valence-corrected chi connectivity index (χ3v) is 5.53. The van der Waals surface area contributed by atoms with E-state index in [1.54, 1.807) is 0 Å². The van der Waals surface area contributed by atoms with Crippen molar-refractivity contribution in [3.8, 4) is 5.75 Å². The molecule has 5 nitrogen and oxygen atoms in total. The van der Waals surface area contributed by atoms with E-state index in [-0.39, 0.29) is 18.5 Å². The summed E-state index contributed by atoms with van der Waals surface area (Å²) < 4.78 is 7.75. The van der Waals surface area contributed by atoms with E-state index in [4.69, 9.17) is 9.72 Å². The van der Waals surface area contributed by atoms with E-state index in [9.17, 15) is 4.79 Å². The third-order valence-electron chi connectivity index (χ3n) is 5.53. The molecule has 0 aliphatic carbocycles. The molecule has 3 aromatic carbocycles. The lowest BCUT2D eigenvalue weighted by molar-refractivity contribution is -0.122. The molecule has 0 bridgehead atoms. The zero-order valence-electron chi connectivity index (χ0n) is 16.6. The highest BCUT2D eigenvalue weighted by molar-refractivity contribution is 5.81. The van der Waals surface area contributed by atoms with E-state index in [0.29, 0.717) is 13.0 Å². The van der Waals surface area contributed by atoms with Gasteiger partial charge in [-0.2, -0.15) is 0 Å². The number of aromatic nitrogens is 2. The quantitative estimate of drug-likeness (QED) is 0.547. The SMILES string of the molecule is O=C(Cn1c(Cc2ccccc2)nc2ccccc21)NC1CCOc2ccccc21. The molecule has 1 aliphatic heterocycles. The molecule has 1 amide bonds. The van der Waals surface area contributed by atoms with Crippen LogP contribution in [0.25, 0.3) is 11.0 Å². The average molecular weight is 397 g/mol. The zero-order valence-corrected chi connectivity index (χ0v) is 16.6. The molecule has 4 aromatic rings. The number of rotatable bonds is 5. The summed E-state index contributed by atoms with van der Waals surface area (Å²) in [7, 11) is 0. The van der Waals surface area contributed by atoms with Gasteiger partial charge in [0.1, 0.15) is 18.1 Å². The van der Waals surface area contributed by atoms with Gasteiger partial charge >= 0.3 is 0 Å². The summed E-state index contributed by atoms with van der Waals surface area (Å²) in [4.78, 5) is 17.8. The highest BCUT2D eigenvalue weighted by Crippen LogP contribution is 2.31. The highest BCUT2D eigenvalue weighted by atomic mass is 16.5. The summed E-state index contributed by atoms with van der Waals surface area (Å²) in [6, 6.07) is 26.1. The summed E-state index contributed by atoms with van der Waals surface area (Å²) in [5.41, 5.74) is 4.10. The molecule has 1 aliphatic rings. The Morgan fingerprint density at radius 1 is 1.00 bits per heavy atom. The number of hydrogen-bond acceptors (Lipinski definition) is 3. The molecule has 0 spiro atoms. The van der Waals surface area contributed by atoms with Crippen LogP contribution >= 0.6 is 0 Å². The lowest BCUT2D eigenvalue weighted by Gasteiger charge is -2.26. The molecular formula is C25H23N3O2. The molecule has 2 heterocycles. The lowest BCUT2D eigenvalue weighted by Crippen LogP contribution is -2.34. The monoisotopic (exact) mass is 397 g/mol. The Morgan fingerprint density at radius 2 is 1.77 bits per heavy atom. The minimum atomic E-state index is -0.0326. The van der Waals surface area contributed by atoms with Gasteiger partial charge in [-0.15, -0.1) is 0 Å². The number of carbonyl (C=O) groups is 1. The van der Waals surface area contributed by atoms with E-state index in [1.165, 1.54) is 5.56 Å². The summed E-state index contributed by atoms with van der Waals surface area (Å²) in [6.45, 7) is 0.845. The van der Waals surface area contributed by atoms with E-state index >= 15 is 0 Å². The lowest BCUT2D eigenvalue weighted by atomic mass is 10.0. The van der Waals surface area contributed by atoms with E-state index < -0.39 is 0 Å². The molecule has 0 fully saturated rings. The maximum absolute atomic E-state index is 13.0. The van der Waals surface area contributed by atoms with Gasteiger partial charge in [0.05, 0.1) is 23.7 Å². The number of imidazole rings is 1. The summed E-state index contributed by atoms with van der Waals surface area (Å²) in [6.07, 6.45) is 1.45. The predicted octanol–water partition coefficient (Wildman–Crippen LogP) is 4.27. The molecule has 0 saturated heterocycles. The minimum Gasteiger partial charge on any atom is -0.493 e. The average Bonchev–Trinajstić information content (AvgIpc) is 3.11. The molecule has 5 heteroatoms. The van der Waals surface area contributed by atoms with Gasteiger partial charge in [0.2, 0.25) is 5.91 Å². The number of nitrogens with zero attached hydrogens (tertiary/aromatic N) is 2. The van der Waals surface area contributed by atoms with Gasteiger partial charge in [-0.3, -0.25) is 4.79 Å². The number of benzene rings is 3. The molecular weight excluding hydrogens is 374 g/mol. The predicted molar refractivity (Wildman–Crippen MR) is 116 cm³/mol. The van der Waals surface area contributed by atoms with Crippen LogP contribution in [0.1, 0.15) is 29.4 Å². The molecule has 1 N–H and O–H groups in total. The van der Waals surface area contributed by atoms with Crippen LogP contribution in [0.3, 0.4) is 0 Å². The zero-order chi connectivity index (χ0) is 20.3. The second-order valence-electron chi connectivity index (χ2n) is 7.56. The molecule has 150 valence electrons. The molecule has 1 atom stereocenters. The van der Waals surface area contributed by atoms with Crippen LogP contribution in [0, 0.1) is 0 Å². The summed E-state index contributed by atoms with van der Waals surface area (Å²) in [5.74, 6) is 1.73. The van der Waals surface area contributed by atoms with Crippen molar-refractivity contribution < 1.29 is 9.53 Å². The fourth-order valence-corrected chi connectivity index (χ4v) is 4.09. The Hall–Kier alpha value is -3.60. The van der Waals surface area contributed by atoms with Crippen LogP contribution in [0.15, 0.2) is 78.9 Å². The van der Waals surface area contributed by atoms with Crippen LogP contribution in [-0.2, 0) is 17.8 Å². The third kappa shape index (κ3) is 3.66. The highest BCUT2D eigenvalue weighted by Gasteiger charge is 2.23. The number of ether oxygens (including phenoxy) is 1. The Balaban J connectivity index is 1.41. The second kappa shape index (κ2) is 8.03. The molecule has 1 aromatic heterocycles. The van der Waals surface area contributed by atoms with Gasteiger partial charge in [0, 0.05) is 18.4 Å². The van der Waals surface area contributed by atoms with E-state index in [1.807, 2.05) is 71.3 Å². The van der Waals surface area contributed by atoms with Crippen molar-refractivity contribution in [2.24, 2.45) is 0 Å². The van der Waals surface area contributed by atoms with Crippen LogP contribution in [-0.4, -0.2) is 22.1 Å². The van der Waals surface area contributed by atoms with Crippen molar-refractivity contribution in [3.63, 3.8) is 0 Å². The van der Waals surface area contributed by atoms with Crippen LogP contribution in [0.2, 0.25) is 0 Å². The van der Waals surface area contributed by atoms with Crippen molar-refractivity contribution in [2.75, 3.05) is 6.61 Å². The Labute approximate surface area is 175 Å². The molecule has 5 rings (SSSR count). The first-order valence-electron chi connectivity index (χ1n) is 10.3. The van der Waals surface area contributed by atoms with Crippen molar-refractivity contribution in [3.05, 3.63) is 95.8 Å². The molecule has 0 saturated carbocycles. The Bertz CT molecular complexity index is 1180. The number of fused-ring (bicyclic) bond motifs is 2. The summed E-state index contributed by atoms with van der Waals surface area (Å²) >= 11 is 0. The molecule has 1 unspecified atom stereocenters. The standard InChI is InChI=1S/C25H23N3O2/c29-25(27-20-14-15-30-23-13-7-4-10-19(20)23)17-28-22-12-6-5-11-21(22)26-24(28)16-18-8-2-1-3-9-18/h1-13,20H,14-17H2,(H,27,29). The van der Waals surface area contributed by atoms with E-state index in [0.717, 1.165) is 34.6 Å². The largest absolute Gasteiger partial charge is 0.493 e. The first kappa shape index (κ1) is 18.4. The van der Waals surface area contributed by atoms with Gasteiger partial charge in [0.15, 0.2) is 0 Å². The minimum absolute atomic E-state index is 0.0193. The maximum atomic E-state index is 13.0. The number of para-hydroxylation sites is 3. The first-order valence-corrected chi connectivity index (χ1v) is 10.3. The van der Waals surface area contributed by atoms with Crippen molar-refractivity contribution in [1.82, 2.24) is 14.9 Å². The summed E-state index contributed by atoms with van der Waals surface area (Å²) in [5, 5.41) is 3.20. The van der Waals surface area contributed by atoms with Gasteiger partial charge in [-0.05, 0) is 23.8 Å². The van der Waals surface area contributed by atoms with Crippen molar-refractivity contribution in [1.29, 1.82) is 0 Å². The Kier molecular flexibility index (Phi) is 4.93. The van der Waals surface area contributed by atoms with Gasteiger partial charge < -0.3 is 14.6 Å². The fourth-order valence-electron chi connectivity index (χ4n) is 4.09. The van der Waals surface area contributed by atoms with E-state index in [2.05, 4.69) is 17.4 Å². The number of hydrogen-bond donors (Lipinski definition) is 1. The second-order valence-corrected chi connectivity index (χ2v) is 7.56. The first-order chi connectivity index (χ1) is 14.8. The van der Waals surface area contributed by atoms with Gasteiger partial charge in [-0.25, -0.2) is 4.98 Å². The maximum Gasteiger partial charge on any atom is 0.240 e.